The lowest BCUT2D eigenvalue weighted by atomic mass is 10.1. The standard InChI is InChI=1S/C17H20N2O/c1-3-13-9-5-7-11-15(13)18-17(20)19-16-12-8-6-10-14(16)4-2/h5-12H,3-4H2,1-2H3,(H2,18,19,20). The van der Waals surface area contributed by atoms with Crippen LogP contribution in [0.3, 0.4) is 0 Å². The Kier molecular flexibility index (Phi) is 4.77. The van der Waals surface area contributed by atoms with Crippen molar-refractivity contribution in [3.63, 3.8) is 0 Å². The van der Waals surface area contributed by atoms with Crippen molar-refractivity contribution >= 4 is 17.4 Å². The number of hydrogen-bond acceptors (Lipinski definition) is 1. The molecular formula is C17H20N2O. The van der Waals surface area contributed by atoms with Crippen molar-refractivity contribution in [1.29, 1.82) is 0 Å². The number of urea groups is 1. The van der Waals surface area contributed by atoms with Crippen molar-refractivity contribution in [3.05, 3.63) is 59.7 Å². The summed E-state index contributed by atoms with van der Waals surface area (Å²) in [6, 6.07) is 15.5. The molecule has 2 aromatic carbocycles. The van der Waals surface area contributed by atoms with Gasteiger partial charge < -0.3 is 10.6 Å². The van der Waals surface area contributed by atoms with Gasteiger partial charge in [-0.3, -0.25) is 0 Å². The van der Waals surface area contributed by atoms with Crippen LogP contribution in [0.2, 0.25) is 0 Å². The summed E-state index contributed by atoms with van der Waals surface area (Å²) >= 11 is 0. The molecule has 0 heterocycles. The van der Waals surface area contributed by atoms with Gasteiger partial charge in [0, 0.05) is 11.4 Å². The van der Waals surface area contributed by atoms with E-state index in [1.165, 1.54) is 0 Å². The third kappa shape index (κ3) is 3.38. The van der Waals surface area contributed by atoms with E-state index in [2.05, 4.69) is 24.5 Å². The van der Waals surface area contributed by atoms with Crippen LogP contribution in [0.15, 0.2) is 48.5 Å². The Labute approximate surface area is 120 Å². The van der Waals surface area contributed by atoms with Crippen molar-refractivity contribution in [2.24, 2.45) is 0 Å². The lowest BCUT2D eigenvalue weighted by Gasteiger charge is -2.12. The smallest absolute Gasteiger partial charge is 0.307 e. The van der Waals surface area contributed by atoms with Crippen molar-refractivity contribution in [2.45, 2.75) is 26.7 Å². The molecule has 0 fully saturated rings. The quantitative estimate of drug-likeness (QED) is 0.844. The first kappa shape index (κ1) is 14.1. The molecule has 2 N–H and O–H groups in total. The first-order valence-electron chi connectivity index (χ1n) is 6.98. The van der Waals surface area contributed by atoms with Gasteiger partial charge in [-0.05, 0) is 36.1 Å². The second-order valence-electron chi connectivity index (χ2n) is 4.60. The molecule has 0 bridgehead atoms. The van der Waals surface area contributed by atoms with Crippen LogP contribution in [0.25, 0.3) is 0 Å². The summed E-state index contributed by atoms with van der Waals surface area (Å²) in [4.78, 5) is 12.1. The first-order chi connectivity index (χ1) is 9.74. The number of para-hydroxylation sites is 2. The van der Waals surface area contributed by atoms with Crippen LogP contribution in [0, 0.1) is 0 Å². The molecule has 0 spiro atoms. The highest BCUT2D eigenvalue weighted by molar-refractivity contribution is 6.00. The van der Waals surface area contributed by atoms with Crippen LogP contribution < -0.4 is 10.6 Å². The fraction of sp³-hybridized carbons (Fsp3) is 0.235. The Hall–Kier alpha value is -2.29. The van der Waals surface area contributed by atoms with Crippen LogP contribution in [-0.4, -0.2) is 6.03 Å². The van der Waals surface area contributed by atoms with Gasteiger partial charge in [0.2, 0.25) is 0 Å². The largest absolute Gasteiger partial charge is 0.323 e. The topological polar surface area (TPSA) is 41.1 Å². The summed E-state index contributed by atoms with van der Waals surface area (Å²) in [6.07, 6.45) is 1.78. The molecule has 0 atom stereocenters. The molecule has 104 valence electrons. The Balaban J connectivity index is 2.09. The molecule has 0 aliphatic rings. The SMILES string of the molecule is CCc1ccccc1NC(=O)Nc1ccccc1CC. The highest BCUT2D eigenvalue weighted by Gasteiger charge is 2.07. The molecule has 0 saturated heterocycles. The molecule has 0 saturated carbocycles. The lowest BCUT2D eigenvalue weighted by Crippen LogP contribution is -2.20. The van der Waals surface area contributed by atoms with E-state index in [1.54, 1.807) is 0 Å². The van der Waals surface area contributed by atoms with E-state index >= 15 is 0 Å². The van der Waals surface area contributed by atoms with Crippen molar-refractivity contribution in [2.75, 3.05) is 10.6 Å². The second-order valence-corrected chi connectivity index (χ2v) is 4.60. The predicted molar refractivity (Wildman–Crippen MR) is 84.3 cm³/mol. The normalized spacial score (nSPS) is 10.1. The number of aryl methyl sites for hydroxylation is 2. The van der Waals surface area contributed by atoms with E-state index in [9.17, 15) is 4.79 Å². The van der Waals surface area contributed by atoms with E-state index in [0.717, 1.165) is 35.3 Å². The predicted octanol–water partition coefficient (Wildman–Crippen LogP) is 4.46. The van der Waals surface area contributed by atoms with Crippen LogP contribution in [-0.2, 0) is 12.8 Å². The number of rotatable bonds is 4. The summed E-state index contributed by atoms with van der Waals surface area (Å²) in [5.74, 6) is 0. The second kappa shape index (κ2) is 6.75. The Morgan fingerprint density at radius 3 is 1.60 bits per heavy atom. The molecule has 2 amide bonds. The van der Waals surface area contributed by atoms with Crippen LogP contribution in [0.5, 0.6) is 0 Å². The van der Waals surface area contributed by atoms with Crippen LogP contribution in [0.1, 0.15) is 25.0 Å². The Morgan fingerprint density at radius 2 is 1.20 bits per heavy atom. The monoisotopic (exact) mass is 268 g/mol. The van der Waals surface area contributed by atoms with Crippen LogP contribution >= 0.6 is 0 Å². The first-order valence-corrected chi connectivity index (χ1v) is 6.98. The van der Waals surface area contributed by atoms with Gasteiger partial charge in [-0.25, -0.2) is 4.79 Å². The number of carbonyl (C=O) groups is 1. The van der Waals surface area contributed by atoms with Gasteiger partial charge in [0.15, 0.2) is 0 Å². The average molecular weight is 268 g/mol. The van der Waals surface area contributed by atoms with Gasteiger partial charge in [0.25, 0.3) is 0 Å². The maximum atomic E-state index is 12.1. The fourth-order valence-electron chi connectivity index (χ4n) is 2.18. The molecule has 2 aromatic rings. The third-order valence-electron chi connectivity index (χ3n) is 3.29. The van der Waals surface area contributed by atoms with E-state index in [4.69, 9.17) is 0 Å². The van der Waals surface area contributed by atoms with E-state index in [1.807, 2.05) is 48.5 Å². The van der Waals surface area contributed by atoms with Crippen molar-refractivity contribution < 1.29 is 4.79 Å². The zero-order valence-corrected chi connectivity index (χ0v) is 11.9. The summed E-state index contributed by atoms with van der Waals surface area (Å²) in [6.45, 7) is 4.15. The molecule has 2 rings (SSSR count). The molecular weight excluding hydrogens is 248 g/mol. The van der Waals surface area contributed by atoms with Gasteiger partial charge in [-0.15, -0.1) is 0 Å². The molecule has 0 aliphatic heterocycles. The maximum Gasteiger partial charge on any atom is 0.323 e. The minimum Gasteiger partial charge on any atom is -0.307 e. The lowest BCUT2D eigenvalue weighted by molar-refractivity contribution is 0.262. The highest BCUT2D eigenvalue weighted by atomic mass is 16.2. The average Bonchev–Trinajstić information content (AvgIpc) is 2.48. The van der Waals surface area contributed by atoms with E-state index in [0.29, 0.717) is 0 Å². The van der Waals surface area contributed by atoms with Gasteiger partial charge in [0.05, 0.1) is 0 Å². The number of carbonyl (C=O) groups excluding carboxylic acids is 1. The number of nitrogens with one attached hydrogen (secondary N) is 2. The highest BCUT2D eigenvalue weighted by Crippen LogP contribution is 2.18. The van der Waals surface area contributed by atoms with Gasteiger partial charge in [0.1, 0.15) is 0 Å². The number of amides is 2. The molecule has 3 nitrogen and oxygen atoms in total. The summed E-state index contributed by atoms with van der Waals surface area (Å²) in [5.41, 5.74) is 3.99. The number of anilines is 2. The molecule has 0 radical (unpaired) electrons. The molecule has 20 heavy (non-hydrogen) atoms. The van der Waals surface area contributed by atoms with E-state index in [-0.39, 0.29) is 6.03 Å². The fourth-order valence-corrected chi connectivity index (χ4v) is 2.18. The molecule has 0 unspecified atom stereocenters. The summed E-state index contributed by atoms with van der Waals surface area (Å²) in [7, 11) is 0. The minimum atomic E-state index is -0.202. The number of benzene rings is 2. The van der Waals surface area contributed by atoms with E-state index < -0.39 is 0 Å². The molecule has 3 heteroatoms. The Bertz CT molecular complexity index is 542. The van der Waals surface area contributed by atoms with Crippen LogP contribution in [0.4, 0.5) is 16.2 Å². The third-order valence-corrected chi connectivity index (χ3v) is 3.29. The van der Waals surface area contributed by atoms with Crippen molar-refractivity contribution in [3.8, 4) is 0 Å². The zero-order chi connectivity index (χ0) is 14.4. The maximum absolute atomic E-state index is 12.1. The molecule has 0 aromatic heterocycles. The summed E-state index contributed by atoms with van der Waals surface area (Å²) < 4.78 is 0. The zero-order valence-electron chi connectivity index (χ0n) is 11.9. The van der Waals surface area contributed by atoms with Gasteiger partial charge in [-0.1, -0.05) is 50.2 Å². The van der Waals surface area contributed by atoms with Crippen molar-refractivity contribution in [1.82, 2.24) is 0 Å². The van der Waals surface area contributed by atoms with Gasteiger partial charge in [-0.2, -0.15) is 0 Å². The summed E-state index contributed by atoms with van der Waals surface area (Å²) in [5, 5.41) is 5.82. The van der Waals surface area contributed by atoms with Gasteiger partial charge >= 0.3 is 6.03 Å². The minimum absolute atomic E-state index is 0.202. The Morgan fingerprint density at radius 1 is 0.800 bits per heavy atom. The number of hydrogen-bond donors (Lipinski definition) is 2. The molecule has 0 aliphatic carbocycles.